The van der Waals surface area contributed by atoms with Crippen LogP contribution in [0.2, 0.25) is 0 Å². The van der Waals surface area contributed by atoms with E-state index in [1.165, 1.54) is 0 Å². The molecule has 2 aromatic carbocycles. The van der Waals surface area contributed by atoms with Crippen molar-refractivity contribution in [3.05, 3.63) is 53.6 Å². The highest BCUT2D eigenvalue weighted by atomic mass is 16.5. The minimum atomic E-state index is -0.398. The maximum Gasteiger partial charge on any atom is 0.338 e. The highest BCUT2D eigenvalue weighted by molar-refractivity contribution is 5.93. The number of carbonyl (C=O) groups is 3. The van der Waals surface area contributed by atoms with Gasteiger partial charge in [-0.2, -0.15) is 0 Å². The van der Waals surface area contributed by atoms with Gasteiger partial charge in [0.05, 0.1) is 18.8 Å². The molecule has 0 saturated heterocycles. The summed E-state index contributed by atoms with van der Waals surface area (Å²) >= 11 is 0. The number of hydrogen-bond donors (Lipinski definition) is 1. The quantitative estimate of drug-likeness (QED) is 0.497. The van der Waals surface area contributed by atoms with E-state index >= 15 is 0 Å². The SMILES string of the molecule is CCCOC(=O)c1ccc(NC(=O)COc2ccc(C=O)cc2OCC)cc1. The van der Waals surface area contributed by atoms with Crippen molar-refractivity contribution in [2.45, 2.75) is 20.3 Å². The number of nitrogens with one attached hydrogen (secondary N) is 1. The molecule has 0 radical (unpaired) electrons. The van der Waals surface area contributed by atoms with Gasteiger partial charge in [0.25, 0.3) is 5.91 Å². The molecule has 0 aliphatic rings. The third-order valence-electron chi connectivity index (χ3n) is 3.60. The molecule has 0 heterocycles. The molecule has 0 saturated carbocycles. The highest BCUT2D eigenvalue weighted by Crippen LogP contribution is 2.28. The topological polar surface area (TPSA) is 90.9 Å². The van der Waals surface area contributed by atoms with Crippen LogP contribution in [-0.4, -0.2) is 38.0 Å². The van der Waals surface area contributed by atoms with Gasteiger partial charge in [0, 0.05) is 11.3 Å². The van der Waals surface area contributed by atoms with E-state index in [-0.39, 0.29) is 12.5 Å². The molecule has 0 spiro atoms. The van der Waals surface area contributed by atoms with E-state index in [0.29, 0.717) is 47.8 Å². The van der Waals surface area contributed by atoms with Crippen molar-refractivity contribution in [3.63, 3.8) is 0 Å². The second kappa shape index (κ2) is 10.7. The number of benzene rings is 2. The van der Waals surface area contributed by atoms with Crippen LogP contribution in [0.25, 0.3) is 0 Å². The average molecular weight is 385 g/mol. The van der Waals surface area contributed by atoms with Crippen LogP contribution in [0.1, 0.15) is 41.0 Å². The first kappa shape index (κ1) is 21.0. The zero-order valence-electron chi connectivity index (χ0n) is 15.9. The van der Waals surface area contributed by atoms with Crippen molar-refractivity contribution in [2.75, 3.05) is 25.1 Å². The van der Waals surface area contributed by atoms with Crippen LogP contribution in [0.3, 0.4) is 0 Å². The predicted octanol–water partition coefficient (Wildman–Crippen LogP) is 3.48. The van der Waals surface area contributed by atoms with Gasteiger partial charge in [-0.15, -0.1) is 0 Å². The molecule has 1 amide bonds. The summed E-state index contributed by atoms with van der Waals surface area (Å²) < 4.78 is 16.0. The van der Waals surface area contributed by atoms with Gasteiger partial charge < -0.3 is 19.5 Å². The molecule has 0 bridgehead atoms. The molecule has 0 atom stereocenters. The van der Waals surface area contributed by atoms with Crippen molar-refractivity contribution in [2.24, 2.45) is 0 Å². The molecule has 28 heavy (non-hydrogen) atoms. The Kier molecular flexibility index (Phi) is 8.02. The Morgan fingerprint density at radius 1 is 1.00 bits per heavy atom. The molecular formula is C21H23NO6. The van der Waals surface area contributed by atoms with Crippen LogP contribution in [0.4, 0.5) is 5.69 Å². The number of carbonyl (C=O) groups excluding carboxylic acids is 3. The molecule has 0 aromatic heterocycles. The van der Waals surface area contributed by atoms with Crippen LogP contribution >= 0.6 is 0 Å². The molecule has 2 rings (SSSR count). The van der Waals surface area contributed by atoms with Crippen LogP contribution in [0.5, 0.6) is 11.5 Å². The van der Waals surface area contributed by atoms with Crippen LogP contribution in [0, 0.1) is 0 Å². The number of anilines is 1. The zero-order valence-corrected chi connectivity index (χ0v) is 15.9. The van der Waals surface area contributed by atoms with Gasteiger partial charge >= 0.3 is 5.97 Å². The molecule has 0 aliphatic carbocycles. The van der Waals surface area contributed by atoms with E-state index in [1.807, 2.05) is 13.8 Å². The Labute approximate surface area is 163 Å². The van der Waals surface area contributed by atoms with Crippen molar-refractivity contribution in [1.82, 2.24) is 0 Å². The number of hydrogen-bond acceptors (Lipinski definition) is 6. The summed E-state index contributed by atoms with van der Waals surface area (Å²) in [5, 5.41) is 2.68. The fraction of sp³-hybridized carbons (Fsp3) is 0.286. The van der Waals surface area contributed by atoms with E-state index in [2.05, 4.69) is 5.32 Å². The summed E-state index contributed by atoms with van der Waals surface area (Å²) in [6, 6.07) is 11.1. The summed E-state index contributed by atoms with van der Waals surface area (Å²) in [5.74, 6) is -0.0000292. The van der Waals surface area contributed by atoms with E-state index in [0.717, 1.165) is 6.42 Å². The summed E-state index contributed by atoms with van der Waals surface area (Å²) in [5.41, 5.74) is 1.40. The van der Waals surface area contributed by atoms with Crippen LogP contribution < -0.4 is 14.8 Å². The van der Waals surface area contributed by atoms with Gasteiger partial charge in [-0.1, -0.05) is 6.92 Å². The molecular weight excluding hydrogens is 362 g/mol. The van der Waals surface area contributed by atoms with E-state index in [9.17, 15) is 14.4 Å². The highest BCUT2D eigenvalue weighted by Gasteiger charge is 2.11. The third kappa shape index (κ3) is 6.12. The number of amides is 1. The van der Waals surface area contributed by atoms with Crippen molar-refractivity contribution in [1.29, 1.82) is 0 Å². The Bertz CT molecular complexity index is 816. The molecule has 0 unspecified atom stereocenters. The fourth-order valence-corrected chi connectivity index (χ4v) is 2.29. The lowest BCUT2D eigenvalue weighted by molar-refractivity contribution is -0.118. The standard InChI is InChI=1S/C21H23NO6/c1-3-11-27-21(25)16-6-8-17(9-7-16)22-20(24)14-28-18-10-5-15(13-23)12-19(18)26-4-2/h5-10,12-13H,3-4,11,14H2,1-2H3,(H,22,24). The van der Waals surface area contributed by atoms with E-state index < -0.39 is 5.97 Å². The number of esters is 1. The van der Waals surface area contributed by atoms with Crippen molar-refractivity contribution in [3.8, 4) is 11.5 Å². The Morgan fingerprint density at radius 2 is 1.75 bits per heavy atom. The second-order valence-corrected chi connectivity index (χ2v) is 5.81. The second-order valence-electron chi connectivity index (χ2n) is 5.81. The first-order valence-electron chi connectivity index (χ1n) is 8.99. The smallest absolute Gasteiger partial charge is 0.338 e. The van der Waals surface area contributed by atoms with Gasteiger partial charge in [-0.05, 0) is 55.8 Å². The summed E-state index contributed by atoms with van der Waals surface area (Å²) in [6.45, 7) is 4.26. The van der Waals surface area contributed by atoms with Gasteiger partial charge in [0.1, 0.15) is 6.29 Å². The van der Waals surface area contributed by atoms with Gasteiger partial charge in [0.15, 0.2) is 18.1 Å². The third-order valence-corrected chi connectivity index (χ3v) is 3.60. The molecule has 2 aromatic rings. The first-order valence-corrected chi connectivity index (χ1v) is 8.99. The number of aldehydes is 1. The molecule has 0 aliphatic heterocycles. The summed E-state index contributed by atoms with van der Waals surface area (Å²) in [6.07, 6.45) is 1.46. The van der Waals surface area contributed by atoms with Gasteiger partial charge in [-0.3, -0.25) is 9.59 Å². The minimum Gasteiger partial charge on any atom is -0.490 e. The maximum absolute atomic E-state index is 12.1. The van der Waals surface area contributed by atoms with Crippen LogP contribution in [-0.2, 0) is 9.53 Å². The summed E-state index contributed by atoms with van der Waals surface area (Å²) in [4.78, 5) is 34.7. The van der Waals surface area contributed by atoms with E-state index in [4.69, 9.17) is 14.2 Å². The Morgan fingerprint density at radius 3 is 2.39 bits per heavy atom. The maximum atomic E-state index is 12.1. The lowest BCUT2D eigenvalue weighted by atomic mass is 10.2. The first-order chi connectivity index (χ1) is 13.6. The Hall–Kier alpha value is -3.35. The minimum absolute atomic E-state index is 0.235. The predicted molar refractivity (Wildman–Crippen MR) is 104 cm³/mol. The molecule has 7 heteroatoms. The summed E-state index contributed by atoms with van der Waals surface area (Å²) in [7, 11) is 0. The lowest BCUT2D eigenvalue weighted by Gasteiger charge is -2.12. The largest absolute Gasteiger partial charge is 0.490 e. The Balaban J connectivity index is 1.92. The van der Waals surface area contributed by atoms with Crippen LogP contribution in [0.15, 0.2) is 42.5 Å². The monoisotopic (exact) mass is 385 g/mol. The van der Waals surface area contributed by atoms with E-state index in [1.54, 1.807) is 42.5 Å². The van der Waals surface area contributed by atoms with Crippen molar-refractivity contribution < 1.29 is 28.6 Å². The molecule has 7 nitrogen and oxygen atoms in total. The zero-order chi connectivity index (χ0) is 20.4. The molecule has 0 fully saturated rings. The fourth-order valence-electron chi connectivity index (χ4n) is 2.29. The van der Waals surface area contributed by atoms with Gasteiger partial charge in [-0.25, -0.2) is 4.79 Å². The lowest BCUT2D eigenvalue weighted by Crippen LogP contribution is -2.20. The number of rotatable bonds is 10. The molecule has 148 valence electrons. The number of ether oxygens (including phenoxy) is 3. The average Bonchev–Trinajstić information content (AvgIpc) is 2.71. The normalized spacial score (nSPS) is 10.1. The molecule has 1 N–H and O–H groups in total. The van der Waals surface area contributed by atoms with Gasteiger partial charge in [0.2, 0.25) is 0 Å². The van der Waals surface area contributed by atoms with Crippen molar-refractivity contribution >= 4 is 23.9 Å².